The summed E-state index contributed by atoms with van der Waals surface area (Å²) in [6.07, 6.45) is 0. The molecule has 4 rings (SSSR count). The second-order valence-electron chi connectivity index (χ2n) is 6.30. The molecule has 29 heavy (non-hydrogen) atoms. The molecule has 0 amide bonds. The van der Waals surface area contributed by atoms with Gasteiger partial charge in [0, 0.05) is 11.1 Å². The molecular weight excluding hydrogens is 375 g/mol. The Morgan fingerprint density at radius 2 is 1.41 bits per heavy atom. The number of hydrogen-bond acceptors (Lipinski definition) is 6. The van der Waals surface area contributed by atoms with Crippen LogP contribution in [0.3, 0.4) is 0 Å². The fourth-order valence-electron chi connectivity index (χ4n) is 2.83. The van der Waals surface area contributed by atoms with Gasteiger partial charge in [0.1, 0.15) is 17.3 Å². The van der Waals surface area contributed by atoms with Crippen LogP contribution in [0.5, 0.6) is 11.5 Å². The summed E-state index contributed by atoms with van der Waals surface area (Å²) in [5, 5.41) is 22.7. The zero-order chi connectivity index (χ0) is 20.2. The van der Waals surface area contributed by atoms with Crippen LogP contribution in [0.2, 0.25) is 0 Å². The summed E-state index contributed by atoms with van der Waals surface area (Å²) in [5.41, 5.74) is 2.64. The first-order valence-corrected chi connectivity index (χ1v) is 8.88. The number of benzene rings is 3. The van der Waals surface area contributed by atoms with E-state index in [-0.39, 0.29) is 19.0 Å². The van der Waals surface area contributed by atoms with Crippen LogP contribution in [0.4, 0.5) is 4.39 Å². The third-order valence-electron chi connectivity index (χ3n) is 4.38. The molecule has 0 atom stereocenters. The zero-order valence-electron chi connectivity index (χ0n) is 15.2. The minimum atomic E-state index is -0.322. The average Bonchev–Trinajstić information content (AvgIpc) is 3.25. The predicted octanol–water partition coefficient (Wildman–Crippen LogP) is 4.32. The molecule has 1 aromatic heterocycles. The maximum Gasteiger partial charge on any atom is 0.258 e. The molecule has 6 nitrogen and oxygen atoms in total. The molecule has 0 fully saturated rings. The predicted molar refractivity (Wildman–Crippen MR) is 103 cm³/mol. The molecule has 0 spiro atoms. The molecule has 3 aromatic carbocycles. The standard InChI is InChI=1S/C22H17FN2O4/c23-18-5-9-20(10-6-18)28-19-7-3-14(4-8-19)21-24-22(29-25-21)15-1-2-16(12-26)17(11-15)13-27/h1-11,26-27H,12-13H2. The molecule has 0 aliphatic carbocycles. The monoisotopic (exact) mass is 392 g/mol. The molecule has 146 valence electrons. The van der Waals surface area contributed by atoms with Gasteiger partial charge in [-0.2, -0.15) is 4.98 Å². The molecule has 7 heteroatoms. The Morgan fingerprint density at radius 1 is 0.793 bits per heavy atom. The van der Waals surface area contributed by atoms with Crippen molar-refractivity contribution in [3.05, 3.63) is 83.7 Å². The number of ether oxygens (including phenoxy) is 1. The Hall–Kier alpha value is -3.55. The molecule has 0 aliphatic heterocycles. The van der Waals surface area contributed by atoms with Gasteiger partial charge in [0.05, 0.1) is 13.2 Å². The molecule has 0 aliphatic rings. The van der Waals surface area contributed by atoms with Crippen molar-refractivity contribution >= 4 is 0 Å². The van der Waals surface area contributed by atoms with Gasteiger partial charge >= 0.3 is 0 Å². The minimum Gasteiger partial charge on any atom is -0.457 e. The van der Waals surface area contributed by atoms with Gasteiger partial charge in [-0.1, -0.05) is 11.2 Å². The van der Waals surface area contributed by atoms with Crippen LogP contribution in [-0.4, -0.2) is 20.4 Å². The van der Waals surface area contributed by atoms with E-state index in [1.807, 2.05) is 0 Å². The van der Waals surface area contributed by atoms with Crippen molar-refractivity contribution in [1.29, 1.82) is 0 Å². The molecule has 0 unspecified atom stereocenters. The third kappa shape index (κ3) is 4.16. The maximum absolute atomic E-state index is 13.0. The van der Waals surface area contributed by atoms with Gasteiger partial charge < -0.3 is 19.5 Å². The molecule has 2 N–H and O–H groups in total. The van der Waals surface area contributed by atoms with Gasteiger partial charge in [-0.3, -0.25) is 0 Å². The Bertz CT molecular complexity index is 1110. The molecule has 0 saturated heterocycles. The lowest BCUT2D eigenvalue weighted by molar-refractivity contribution is 0.260. The van der Waals surface area contributed by atoms with Crippen LogP contribution in [-0.2, 0) is 13.2 Å². The molecule has 0 bridgehead atoms. The van der Waals surface area contributed by atoms with E-state index >= 15 is 0 Å². The molecule has 0 saturated carbocycles. The maximum atomic E-state index is 13.0. The second kappa shape index (κ2) is 8.22. The second-order valence-corrected chi connectivity index (χ2v) is 6.30. The molecular formula is C22H17FN2O4. The van der Waals surface area contributed by atoms with Crippen molar-refractivity contribution < 1.29 is 23.9 Å². The van der Waals surface area contributed by atoms with Gasteiger partial charge in [-0.05, 0) is 71.8 Å². The van der Waals surface area contributed by atoms with E-state index in [1.54, 1.807) is 54.6 Å². The molecule has 4 aromatic rings. The summed E-state index contributed by atoms with van der Waals surface area (Å²) in [6, 6.07) is 18.1. The lowest BCUT2D eigenvalue weighted by atomic mass is 10.0. The van der Waals surface area contributed by atoms with Crippen LogP contribution in [0.25, 0.3) is 22.8 Å². The van der Waals surface area contributed by atoms with E-state index in [9.17, 15) is 14.6 Å². The Labute approximate surface area is 165 Å². The summed E-state index contributed by atoms with van der Waals surface area (Å²) in [4.78, 5) is 4.40. The fraction of sp³-hybridized carbons (Fsp3) is 0.0909. The van der Waals surface area contributed by atoms with Crippen molar-refractivity contribution in [3.8, 4) is 34.3 Å². The van der Waals surface area contributed by atoms with Gasteiger partial charge in [-0.25, -0.2) is 4.39 Å². The van der Waals surface area contributed by atoms with Crippen molar-refractivity contribution in [2.45, 2.75) is 13.2 Å². The van der Waals surface area contributed by atoms with Crippen molar-refractivity contribution in [3.63, 3.8) is 0 Å². The highest BCUT2D eigenvalue weighted by molar-refractivity contribution is 5.61. The van der Waals surface area contributed by atoms with E-state index < -0.39 is 0 Å². The summed E-state index contributed by atoms with van der Waals surface area (Å²) in [7, 11) is 0. The topological polar surface area (TPSA) is 88.6 Å². The van der Waals surface area contributed by atoms with Crippen LogP contribution in [0, 0.1) is 5.82 Å². The number of aliphatic hydroxyl groups excluding tert-OH is 2. The summed E-state index contributed by atoms with van der Waals surface area (Å²) < 4.78 is 24.0. The normalized spacial score (nSPS) is 10.9. The highest BCUT2D eigenvalue weighted by Gasteiger charge is 2.13. The number of aromatic nitrogens is 2. The quantitative estimate of drug-likeness (QED) is 0.508. The number of nitrogens with zero attached hydrogens (tertiary/aromatic N) is 2. The Balaban J connectivity index is 1.53. The summed E-state index contributed by atoms with van der Waals surface area (Å²) >= 11 is 0. The van der Waals surface area contributed by atoms with Gasteiger partial charge in [-0.15, -0.1) is 0 Å². The van der Waals surface area contributed by atoms with Crippen LogP contribution in [0.1, 0.15) is 11.1 Å². The SMILES string of the molecule is OCc1ccc(-c2nc(-c3ccc(Oc4ccc(F)cc4)cc3)no2)cc1CO. The molecule has 0 radical (unpaired) electrons. The highest BCUT2D eigenvalue weighted by atomic mass is 19.1. The van der Waals surface area contributed by atoms with Crippen LogP contribution < -0.4 is 4.74 Å². The van der Waals surface area contributed by atoms with E-state index in [1.165, 1.54) is 12.1 Å². The largest absolute Gasteiger partial charge is 0.457 e. The van der Waals surface area contributed by atoms with Crippen molar-refractivity contribution in [2.75, 3.05) is 0 Å². The lowest BCUT2D eigenvalue weighted by Gasteiger charge is -2.06. The van der Waals surface area contributed by atoms with Crippen molar-refractivity contribution in [2.24, 2.45) is 0 Å². The summed E-state index contributed by atoms with van der Waals surface area (Å²) in [5.74, 6) is 1.52. The highest BCUT2D eigenvalue weighted by Crippen LogP contribution is 2.27. The van der Waals surface area contributed by atoms with Crippen LogP contribution in [0.15, 0.2) is 71.3 Å². The number of rotatable bonds is 6. The first-order chi connectivity index (χ1) is 14.2. The first kappa shape index (κ1) is 18.8. The Kier molecular flexibility index (Phi) is 5.33. The summed E-state index contributed by atoms with van der Waals surface area (Å²) in [6.45, 7) is -0.349. The number of hydrogen-bond donors (Lipinski definition) is 2. The van der Waals surface area contributed by atoms with E-state index in [2.05, 4.69) is 10.1 Å². The molecule has 1 heterocycles. The third-order valence-corrected chi connectivity index (χ3v) is 4.38. The average molecular weight is 392 g/mol. The van der Waals surface area contributed by atoms with Gasteiger partial charge in [0.2, 0.25) is 5.82 Å². The lowest BCUT2D eigenvalue weighted by Crippen LogP contribution is -1.94. The van der Waals surface area contributed by atoms with E-state index in [0.717, 1.165) is 5.56 Å². The van der Waals surface area contributed by atoms with Gasteiger partial charge in [0.25, 0.3) is 5.89 Å². The van der Waals surface area contributed by atoms with Crippen molar-refractivity contribution in [1.82, 2.24) is 10.1 Å². The smallest absolute Gasteiger partial charge is 0.258 e. The fourth-order valence-corrected chi connectivity index (χ4v) is 2.83. The van der Waals surface area contributed by atoms with Gasteiger partial charge in [0.15, 0.2) is 0 Å². The van der Waals surface area contributed by atoms with E-state index in [4.69, 9.17) is 9.26 Å². The van der Waals surface area contributed by atoms with E-state index in [0.29, 0.717) is 39.9 Å². The Morgan fingerprint density at radius 3 is 2.07 bits per heavy atom. The number of halogens is 1. The first-order valence-electron chi connectivity index (χ1n) is 8.88. The number of aliphatic hydroxyl groups is 2. The zero-order valence-corrected chi connectivity index (χ0v) is 15.2. The minimum absolute atomic E-state index is 0.155. The van der Waals surface area contributed by atoms with Crippen LogP contribution >= 0.6 is 0 Å².